The Morgan fingerprint density at radius 3 is 2.56 bits per heavy atom. The van der Waals surface area contributed by atoms with E-state index >= 15 is 0 Å². The molecule has 2 N–H and O–H groups in total. The Morgan fingerprint density at radius 2 is 2.06 bits per heavy atom. The first kappa shape index (κ1) is 15.0. The van der Waals surface area contributed by atoms with E-state index in [0.29, 0.717) is 5.69 Å². The quantitative estimate of drug-likeness (QED) is 0.871. The molecule has 0 aliphatic rings. The lowest BCUT2D eigenvalue weighted by molar-refractivity contribution is 0.0635. The molecule has 1 atom stereocenters. The van der Waals surface area contributed by atoms with Crippen LogP contribution in [0.1, 0.15) is 39.4 Å². The number of amides is 1. The van der Waals surface area contributed by atoms with E-state index in [1.165, 1.54) is 0 Å². The number of halogens is 1. The van der Waals surface area contributed by atoms with Crippen LogP contribution < -0.4 is 5.32 Å². The molecular weight excluding hydrogens is 298 g/mol. The molecule has 5 heteroatoms. The summed E-state index contributed by atoms with van der Waals surface area (Å²) < 4.78 is 5.90. The zero-order valence-corrected chi connectivity index (χ0v) is 12.5. The van der Waals surface area contributed by atoms with Crippen molar-refractivity contribution in [1.82, 2.24) is 0 Å². The van der Waals surface area contributed by atoms with Gasteiger partial charge in [0.2, 0.25) is 0 Å². The highest BCUT2D eigenvalue weighted by Gasteiger charge is 2.17. The van der Waals surface area contributed by atoms with Gasteiger partial charge < -0.3 is 9.84 Å². The maximum Gasteiger partial charge on any atom is 0.412 e. The second-order valence-corrected chi connectivity index (χ2v) is 5.90. The maximum atomic E-state index is 11.6. The fraction of sp³-hybridized carbons (Fsp3) is 0.462. The normalized spacial score (nSPS) is 13.0. The molecule has 100 valence electrons. The lowest BCUT2D eigenvalue weighted by Crippen LogP contribution is -2.27. The molecule has 1 amide bonds. The largest absolute Gasteiger partial charge is 0.444 e. The molecule has 0 aliphatic carbocycles. The molecule has 1 aromatic carbocycles. The molecule has 1 aromatic rings. The predicted molar refractivity (Wildman–Crippen MR) is 74.6 cm³/mol. The van der Waals surface area contributed by atoms with Crippen LogP contribution in [0.4, 0.5) is 10.5 Å². The van der Waals surface area contributed by atoms with Gasteiger partial charge >= 0.3 is 6.09 Å². The van der Waals surface area contributed by atoms with Crippen molar-refractivity contribution >= 4 is 27.7 Å². The van der Waals surface area contributed by atoms with Gasteiger partial charge in [-0.1, -0.05) is 6.07 Å². The number of hydrogen-bond donors (Lipinski definition) is 2. The second kappa shape index (κ2) is 5.71. The minimum atomic E-state index is -0.586. The number of ether oxygens (including phenoxy) is 1. The predicted octanol–water partition coefficient (Wildman–Crippen LogP) is 3.85. The van der Waals surface area contributed by atoms with E-state index in [4.69, 9.17) is 4.74 Å². The highest BCUT2D eigenvalue weighted by atomic mass is 79.9. The average Bonchev–Trinajstić information content (AvgIpc) is 2.18. The molecule has 4 nitrogen and oxygen atoms in total. The fourth-order valence-corrected chi connectivity index (χ4v) is 1.66. The Hall–Kier alpha value is -1.07. The topological polar surface area (TPSA) is 58.6 Å². The number of aliphatic hydroxyl groups is 1. The molecule has 0 radical (unpaired) electrons. The van der Waals surface area contributed by atoms with E-state index < -0.39 is 17.8 Å². The molecular formula is C13H18BrNO3. The summed E-state index contributed by atoms with van der Waals surface area (Å²) in [5.74, 6) is 0. The first-order chi connectivity index (χ1) is 8.19. The van der Waals surface area contributed by atoms with Crippen molar-refractivity contribution in [3.63, 3.8) is 0 Å². The van der Waals surface area contributed by atoms with Gasteiger partial charge in [-0.25, -0.2) is 4.79 Å². The van der Waals surface area contributed by atoms with E-state index in [1.54, 1.807) is 45.9 Å². The molecule has 0 unspecified atom stereocenters. The van der Waals surface area contributed by atoms with Crippen molar-refractivity contribution < 1.29 is 14.6 Å². The maximum absolute atomic E-state index is 11.6. The standard InChI is InChI=1S/C13H18BrNO3/c1-8(16)9-5-6-10(14)11(7-9)15-12(17)18-13(2,3)4/h5-8,16H,1-4H3,(H,15,17)/t8-/m0/s1. The molecule has 0 aromatic heterocycles. The Kier molecular flexibility index (Phi) is 4.76. The van der Waals surface area contributed by atoms with Gasteiger partial charge in [0, 0.05) is 4.47 Å². The average molecular weight is 316 g/mol. The van der Waals surface area contributed by atoms with Gasteiger partial charge in [0.25, 0.3) is 0 Å². The molecule has 0 saturated carbocycles. The number of nitrogens with one attached hydrogen (secondary N) is 1. The third-order valence-electron chi connectivity index (χ3n) is 2.11. The van der Waals surface area contributed by atoms with E-state index in [1.807, 2.05) is 0 Å². The van der Waals surface area contributed by atoms with Crippen LogP contribution in [0.15, 0.2) is 22.7 Å². The summed E-state index contributed by atoms with van der Waals surface area (Å²) in [5, 5.41) is 12.1. The van der Waals surface area contributed by atoms with Gasteiger partial charge in [0.15, 0.2) is 0 Å². The molecule has 0 heterocycles. The number of carbonyl (C=O) groups excluding carboxylic acids is 1. The minimum Gasteiger partial charge on any atom is -0.444 e. The fourth-order valence-electron chi connectivity index (χ4n) is 1.31. The number of carbonyl (C=O) groups is 1. The second-order valence-electron chi connectivity index (χ2n) is 5.04. The third kappa shape index (κ3) is 4.66. The number of hydrogen-bond acceptors (Lipinski definition) is 3. The molecule has 18 heavy (non-hydrogen) atoms. The Bertz CT molecular complexity index is 438. The van der Waals surface area contributed by atoms with Crippen molar-refractivity contribution in [2.75, 3.05) is 5.32 Å². The lowest BCUT2D eigenvalue weighted by atomic mass is 10.1. The van der Waals surface area contributed by atoms with Crippen molar-refractivity contribution in [2.24, 2.45) is 0 Å². The highest BCUT2D eigenvalue weighted by Crippen LogP contribution is 2.26. The Morgan fingerprint density at radius 1 is 1.44 bits per heavy atom. The van der Waals surface area contributed by atoms with E-state index in [0.717, 1.165) is 10.0 Å². The monoisotopic (exact) mass is 315 g/mol. The SMILES string of the molecule is C[C@H](O)c1ccc(Br)c(NC(=O)OC(C)(C)C)c1. The van der Waals surface area contributed by atoms with Crippen molar-refractivity contribution in [3.05, 3.63) is 28.2 Å². The van der Waals surface area contributed by atoms with E-state index in [9.17, 15) is 9.90 Å². The zero-order valence-electron chi connectivity index (χ0n) is 11.0. The molecule has 0 bridgehead atoms. The van der Waals surface area contributed by atoms with E-state index in [2.05, 4.69) is 21.2 Å². The summed E-state index contributed by atoms with van der Waals surface area (Å²) in [7, 11) is 0. The molecule has 0 saturated heterocycles. The van der Waals surface area contributed by atoms with Crippen LogP contribution in [0.3, 0.4) is 0 Å². The summed E-state index contributed by atoms with van der Waals surface area (Å²) in [4.78, 5) is 11.6. The van der Waals surface area contributed by atoms with Gasteiger partial charge in [-0.05, 0) is 61.3 Å². The van der Waals surface area contributed by atoms with Crippen molar-refractivity contribution in [3.8, 4) is 0 Å². The Labute approximate surface area is 115 Å². The first-order valence-corrected chi connectivity index (χ1v) is 6.46. The summed E-state index contributed by atoms with van der Waals surface area (Å²) in [6, 6.07) is 5.27. The molecule has 1 rings (SSSR count). The molecule has 0 spiro atoms. The smallest absolute Gasteiger partial charge is 0.412 e. The molecule has 0 fully saturated rings. The number of aliphatic hydroxyl groups excluding tert-OH is 1. The number of rotatable bonds is 2. The molecule has 0 aliphatic heterocycles. The van der Waals surface area contributed by atoms with Crippen molar-refractivity contribution in [1.29, 1.82) is 0 Å². The zero-order chi connectivity index (χ0) is 13.9. The summed E-state index contributed by atoms with van der Waals surface area (Å²) in [5.41, 5.74) is 0.755. The van der Waals surface area contributed by atoms with Gasteiger partial charge in [-0.15, -0.1) is 0 Å². The van der Waals surface area contributed by atoms with Crippen LogP contribution in [-0.2, 0) is 4.74 Å². The Balaban J connectivity index is 2.84. The van der Waals surface area contributed by atoms with Crippen LogP contribution in [0, 0.1) is 0 Å². The van der Waals surface area contributed by atoms with Gasteiger partial charge in [-0.2, -0.15) is 0 Å². The summed E-state index contributed by atoms with van der Waals surface area (Å²) in [6.45, 7) is 7.07. The van der Waals surface area contributed by atoms with Gasteiger partial charge in [-0.3, -0.25) is 5.32 Å². The summed E-state index contributed by atoms with van der Waals surface area (Å²) in [6.07, 6.45) is -1.11. The van der Waals surface area contributed by atoms with Crippen LogP contribution in [0.25, 0.3) is 0 Å². The van der Waals surface area contributed by atoms with Gasteiger partial charge in [0.05, 0.1) is 11.8 Å². The third-order valence-corrected chi connectivity index (χ3v) is 2.80. The van der Waals surface area contributed by atoms with Crippen molar-refractivity contribution in [2.45, 2.75) is 39.4 Å². The number of anilines is 1. The number of benzene rings is 1. The minimum absolute atomic E-state index is 0.522. The van der Waals surface area contributed by atoms with Gasteiger partial charge in [0.1, 0.15) is 5.60 Å². The first-order valence-electron chi connectivity index (χ1n) is 5.66. The van der Waals surface area contributed by atoms with Crippen LogP contribution >= 0.6 is 15.9 Å². The summed E-state index contributed by atoms with van der Waals surface area (Å²) >= 11 is 3.34. The van der Waals surface area contributed by atoms with Crippen LogP contribution in [0.5, 0.6) is 0 Å². The van der Waals surface area contributed by atoms with Crippen LogP contribution in [-0.4, -0.2) is 16.8 Å². The highest BCUT2D eigenvalue weighted by molar-refractivity contribution is 9.10. The lowest BCUT2D eigenvalue weighted by Gasteiger charge is -2.20. The van der Waals surface area contributed by atoms with Crippen LogP contribution in [0.2, 0.25) is 0 Å². The van der Waals surface area contributed by atoms with E-state index in [-0.39, 0.29) is 0 Å².